The van der Waals surface area contributed by atoms with Crippen molar-refractivity contribution in [3.63, 3.8) is 0 Å². The maximum absolute atomic E-state index is 11.6. The van der Waals surface area contributed by atoms with Crippen LogP contribution in [-0.2, 0) is 0 Å². The van der Waals surface area contributed by atoms with Crippen molar-refractivity contribution in [1.82, 2.24) is 19.8 Å². The van der Waals surface area contributed by atoms with E-state index in [0.29, 0.717) is 37.4 Å². The molecule has 2 unspecified atom stereocenters. The second-order valence-electron chi connectivity index (χ2n) is 6.88. The quantitative estimate of drug-likeness (QED) is 0.201. The molecule has 0 radical (unpaired) electrons. The van der Waals surface area contributed by atoms with Gasteiger partial charge in [0.2, 0.25) is 0 Å². The number of aromatic nitrogens is 2. The number of amides is 2. The molecule has 160 valence electrons. The predicted octanol–water partition coefficient (Wildman–Crippen LogP) is 2.84. The molecule has 3 N–H and O–H groups in total. The van der Waals surface area contributed by atoms with Gasteiger partial charge in [-0.15, -0.1) is 0 Å². The molecule has 30 heavy (non-hydrogen) atoms. The molecule has 0 saturated heterocycles. The van der Waals surface area contributed by atoms with Crippen LogP contribution in [0.25, 0.3) is 10.4 Å². The monoisotopic (exact) mass is 637 g/mol. The zero-order valence-corrected chi connectivity index (χ0v) is 20.3. The summed E-state index contributed by atoms with van der Waals surface area (Å²) < 4.78 is 6.01. The molecule has 0 fully saturated rings. The first kappa shape index (κ1) is 22.9. The van der Waals surface area contributed by atoms with E-state index in [2.05, 4.69) is 65.8 Å². The molecule has 2 aromatic rings. The Morgan fingerprint density at radius 1 is 1.03 bits per heavy atom. The van der Waals surface area contributed by atoms with E-state index < -0.39 is 0 Å². The van der Waals surface area contributed by atoms with Crippen molar-refractivity contribution in [2.24, 2.45) is 5.11 Å². The molecule has 2 atom stereocenters. The lowest BCUT2D eigenvalue weighted by molar-refractivity contribution is 0.0902. The van der Waals surface area contributed by atoms with Crippen molar-refractivity contribution in [2.75, 3.05) is 26.2 Å². The fraction of sp³-hybridized carbons (Fsp3) is 0.444. The van der Waals surface area contributed by atoms with Crippen LogP contribution in [0, 0.1) is 7.14 Å². The number of hydrogen-bond donors (Lipinski definition) is 3. The van der Waals surface area contributed by atoms with Gasteiger partial charge in [-0.2, -0.15) is 0 Å². The molecule has 0 aliphatic carbocycles. The Morgan fingerprint density at radius 3 is 2.00 bits per heavy atom. The minimum absolute atomic E-state index is 0.0258. The normalized spacial score (nSPS) is 19.4. The first-order valence-electron chi connectivity index (χ1n) is 9.37. The van der Waals surface area contributed by atoms with Gasteiger partial charge in [0.15, 0.2) is 0 Å². The molecule has 2 aliphatic heterocycles. The fourth-order valence-electron chi connectivity index (χ4n) is 3.54. The highest BCUT2D eigenvalue weighted by molar-refractivity contribution is 14.1. The summed E-state index contributed by atoms with van der Waals surface area (Å²) in [6.45, 7) is 1.80. The molecular formula is C18H21I2N7O3. The van der Waals surface area contributed by atoms with Crippen LogP contribution in [0.4, 0.5) is 0 Å². The van der Waals surface area contributed by atoms with Gasteiger partial charge in [0.25, 0.3) is 11.8 Å². The Kier molecular flexibility index (Phi) is 8.02. The van der Waals surface area contributed by atoms with Gasteiger partial charge < -0.3 is 24.9 Å². The lowest BCUT2D eigenvalue weighted by Crippen LogP contribution is -2.38. The Bertz CT molecular complexity index is 981. The summed E-state index contributed by atoms with van der Waals surface area (Å²) >= 11 is 4.37. The van der Waals surface area contributed by atoms with Gasteiger partial charge in [-0.3, -0.25) is 9.59 Å². The van der Waals surface area contributed by atoms with Gasteiger partial charge in [0, 0.05) is 50.7 Å². The van der Waals surface area contributed by atoms with Crippen LogP contribution in [-0.4, -0.2) is 52.3 Å². The average molecular weight is 637 g/mol. The second-order valence-corrected chi connectivity index (χ2v) is 9.38. The van der Waals surface area contributed by atoms with Crippen molar-refractivity contribution in [3.8, 4) is 0 Å². The van der Waals surface area contributed by atoms with Crippen molar-refractivity contribution in [1.29, 1.82) is 0 Å². The number of fused-ring (bicyclic) bond motifs is 2. The first-order chi connectivity index (χ1) is 14.4. The van der Waals surface area contributed by atoms with Crippen LogP contribution in [0.1, 0.15) is 45.9 Å². The van der Waals surface area contributed by atoms with Gasteiger partial charge in [0.05, 0.1) is 12.1 Å². The molecule has 0 aromatic carbocycles. The Hall–Kier alpha value is -1.77. The van der Waals surface area contributed by atoms with Crippen molar-refractivity contribution < 1.29 is 14.7 Å². The summed E-state index contributed by atoms with van der Waals surface area (Å²) in [4.78, 5) is 25.7. The maximum Gasteiger partial charge on any atom is 0.268 e. The topological polar surface area (TPSA) is 137 Å². The third-order valence-electron chi connectivity index (χ3n) is 4.97. The second kappa shape index (κ2) is 10.5. The van der Waals surface area contributed by atoms with Crippen LogP contribution in [0.15, 0.2) is 29.6 Å². The average Bonchev–Trinajstić information content (AvgIpc) is 3.30. The number of halogens is 2. The molecular weight excluding hydrogens is 616 g/mol. The van der Waals surface area contributed by atoms with E-state index in [1.807, 2.05) is 33.7 Å². The van der Waals surface area contributed by atoms with E-state index >= 15 is 0 Å². The van der Waals surface area contributed by atoms with E-state index in [9.17, 15) is 9.59 Å². The van der Waals surface area contributed by atoms with E-state index in [4.69, 9.17) is 10.6 Å². The largest absolute Gasteiger partial charge is 0.396 e. The molecule has 10 nitrogen and oxygen atoms in total. The number of aliphatic hydroxyl groups is 1. The highest BCUT2D eigenvalue weighted by atomic mass is 127. The molecule has 12 heteroatoms. The number of nitrogens with one attached hydrogen (secondary N) is 2. The summed E-state index contributed by atoms with van der Waals surface area (Å²) in [6.07, 6.45) is 5.32. The van der Waals surface area contributed by atoms with Crippen molar-refractivity contribution in [2.45, 2.75) is 24.9 Å². The number of aliphatic hydroxyl groups excluding tert-OH is 1. The van der Waals surface area contributed by atoms with Gasteiger partial charge in [0.1, 0.15) is 11.4 Å². The van der Waals surface area contributed by atoms with Gasteiger partial charge in [-0.05, 0) is 75.7 Å². The Morgan fingerprint density at radius 2 is 1.53 bits per heavy atom. The summed E-state index contributed by atoms with van der Waals surface area (Å²) in [5.74, 6) is -0.0648. The number of carbonyl (C=O) groups is 2. The predicted molar refractivity (Wildman–Crippen MR) is 127 cm³/mol. The van der Waals surface area contributed by atoms with E-state index in [1.165, 1.54) is 0 Å². The summed E-state index contributed by atoms with van der Waals surface area (Å²) in [5.41, 5.74) is 9.59. The van der Waals surface area contributed by atoms with Crippen LogP contribution in [0.3, 0.4) is 0 Å². The van der Waals surface area contributed by atoms with Crippen LogP contribution in [0.5, 0.6) is 0 Å². The van der Waals surface area contributed by atoms with Crippen LogP contribution >= 0.6 is 45.2 Å². The Labute approximate surface area is 200 Å². The van der Waals surface area contributed by atoms with E-state index in [1.54, 1.807) is 0 Å². The number of azide groups is 1. The number of rotatable bonds is 5. The molecule has 2 aliphatic rings. The molecule has 4 rings (SSSR count). The van der Waals surface area contributed by atoms with Crippen molar-refractivity contribution in [3.05, 3.63) is 53.5 Å². The fourth-order valence-corrected chi connectivity index (χ4v) is 4.73. The van der Waals surface area contributed by atoms with E-state index in [-0.39, 0.29) is 30.5 Å². The summed E-state index contributed by atoms with van der Waals surface area (Å²) in [5, 5.41) is 18.0. The summed E-state index contributed by atoms with van der Waals surface area (Å²) in [7, 11) is 0. The smallest absolute Gasteiger partial charge is 0.268 e. The SMILES string of the molecule is O=C1NCC(CCO)n2cc(I)cc21.[N-]=[N+]=NCCC1CNC(=O)c2cc(I)cn21. The van der Waals surface area contributed by atoms with Gasteiger partial charge >= 0.3 is 0 Å². The van der Waals surface area contributed by atoms with Crippen molar-refractivity contribution >= 4 is 57.0 Å². The molecule has 0 saturated carbocycles. The number of nitrogens with zero attached hydrogens (tertiary/aromatic N) is 5. The summed E-state index contributed by atoms with van der Waals surface area (Å²) in [6, 6.07) is 4.09. The van der Waals surface area contributed by atoms with Crippen LogP contribution in [0.2, 0.25) is 0 Å². The molecule has 4 heterocycles. The molecule has 2 amide bonds. The number of carbonyl (C=O) groups excluding carboxylic acids is 2. The van der Waals surface area contributed by atoms with Gasteiger partial charge in [-0.25, -0.2) is 0 Å². The lowest BCUT2D eigenvalue weighted by atomic mass is 10.1. The molecule has 0 bridgehead atoms. The maximum atomic E-state index is 11.6. The minimum Gasteiger partial charge on any atom is -0.396 e. The minimum atomic E-state index is -0.0389. The zero-order valence-electron chi connectivity index (χ0n) is 16.0. The van der Waals surface area contributed by atoms with E-state index in [0.717, 1.165) is 13.6 Å². The van der Waals surface area contributed by atoms with Gasteiger partial charge in [-0.1, -0.05) is 5.11 Å². The Balaban J connectivity index is 0.000000172. The first-order valence-corrected chi connectivity index (χ1v) is 11.5. The molecule has 0 spiro atoms. The highest BCUT2D eigenvalue weighted by Gasteiger charge is 2.25. The third-order valence-corrected chi connectivity index (χ3v) is 6.15. The third kappa shape index (κ3) is 5.28. The highest BCUT2D eigenvalue weighted by Crippen LogP contribution is 2.23. The van der Waals surface area contributed by atoms with Crippen LogP contribution < -0.4 is 10.6 Å². The molecule has 2 aromatic heterocycles. The standard InChI is InChI=1S/C9H10IN5O.C9H11IN2O2/c10-6-3-8-9(16)12-4-7(15(8)5-6)1-2-13-14-11;10-6-3-8-9(14)11-4-7(1-2-13)12(8)5-6/h3,5,7H,1-2,4H2,(H,12,16);3,5,7,13H,1-2,4H2,(H,11,14). The zero-order chi connectivity index (χ0) is 21.7. The lowest BCUT2D eigenvalue weighted by Gasteiger charge is -2.25. The number of hydrogen-bond acceptors (Lipinski definition) is 4.